The van der Waals surface area contributed by atoms with Crippen LogP contribution in [-0.2, 0) is 4.79 Å². The van der Waals surface area contributed by atoms with Crippen LogP contribution in [0.5, 0.6) is 11.5 Å². The van der Waals surface area contributed by atoms with Crippen molar-refractivity contribution in [2.24, 2.45) is 0 Å². The second-order valence-corrected chi connectivity index (χ2v) is 8.00. The molecule has 0 aliphatic heterocycles. The maximum Gasteiger partial charge on any atom is 0.258 e. The van der Waals surface area contributed by atoms with E-state index in [0.717, 1.165) is 16.6 Å². The molecule has 0 bridgehead atoms. The van der Waals surface area contributed by atoms with Crippen LogP contribution in [0.3, 0.4) is 0 Å². The number of hydrogen-bond donors (Lipinski definition) is 2. The van der Waals surface area contributed by atoms with Crippen LogP contribution in [-0.4, -0.2) is 34.6 Å². The van der Waals surface area contributed by atoms with Crippen molar-refractivity contribution in [2.45, 2.75) is 33.2 Å². The number of hydrogen-bond acceptors (Lipinski definition) is 5. The highest BCUT2D eigenvalue weighted by Gasteiger charge is 2.15. The average molecular weight is 418 g/mol. The van der Waals surface area contributed by atoms with Crippen LogP contribution in [0.2, 0.25) is 0 Å². The summed E-state index contributed by atoms with van der Waals surface area (Å²) in [6, 6.07) is 15.1. The van der Waals surface area contributed by atoms with Crippen molar-refractivity contribution in [1.82, 2.24) is 15.3 Å². The minimum Gasteiger partial charge on any atom is -0.490 e. The van der Waals surface area contributed by atoms with Gasteiger partial charge in [-0.3, -0.25) is 4.79 Å². The Hall–Kier alpha value is -3.79. The molecule has 2 aromatic carbocycles. The van der Waals surface area contributed by atoms with Crippen molar-refractivity contribution in [1.29, 1.82) is 5.26 Å². The SMILES string of the molecule is CCOc1cc(/C=C(/C#N)c2nc3ccccc3[nH]2)ccc1OCC(=O)NC(C)(C)C. The first-order valence-electron chi connectivity index (χ1n) is 10.1. The summed E-state index contributed by atoms with van der Waals surface area (Å²) in [5.74, 6) is 1.25. The molecule has 160 valence electrons. The molecule has 0 aliphatic carbocycles. The van der Waals surface area contributed by atoms with E-state index in [1.165, 1.54) is 0 Å². The number of fused-ring (bicyclic) bond motifs is 1. The normalized spacial score (nSPS) is 11.8. The summed E-state index contributed by atoms with van der Waals surface area (Å²) < 4.78 is 11.4. The van der Waals surface area contributed by atoms with E-state index >= 15 is 0 Å². The monoisotopic (exact) mass is 418 g/mol. The Morgan fingerprint density at radius 1 is 1.19 bits per heavy atom. The van der Waals surface area contributed by atoms with Gasteiger partial charge in [0, 0.05) is 5.54 Å². The van der Waals surface area contributed by atoms with Gasteiger partial charge in [-0.1, -0.05) is 18.2 Å². The van der Waals surface area contributed by atoms with Gasteiger partial charge in [-0.25, -0.2) is 4.98 Å². The zero-order chi connectivity index (χ0) is 22.4. The van der Waals surface area contributed by atoms with Gasteiger partial charge in [0.1, 0.15) is 11.9 Å². The summed E-state index contributed by atoms with van der Waals surface area (Å²) in [6.07, 6.45) is 1.73. The fourth-order valence-electron chi connectivity index (χ4n) is 3.00. The first kappa shape index (κ1) is 21.9. The van der Waals surface area contributed by atoms with Crippen LogP contribution in [0.4, 0.5) is 0 Å². The molecule has 0 unspecified atom stereocenters. The molecule has 1 aromatic heterocycles. The molecular weight excluding hydrogens is 392 g/mol. The summed E-state index contributed by atoms with van der Waals surface area (Å²) in [5, 5.41) is 12.5. The number of carbonyl (C=O) groups excluding carboxylic acids is 1. The Morgan fingerprint density at radius 3 is 2.65 bits per heavy atom. The first-order valence-corrected chi connectivity index (χ1v) is 10.1. The quantitative estimate of drug-likeness (QED) is 0.557. The fraction of sp³-hybridized carbons (Fsp3) is 0.292. The smallest absolute Gasteiger partial charge is 0.258 e. The largest absolute Gasteiger partial charge is 0.490 e. The lowest BCUT2D eigenvalue weighted by molar-refractivity contribution is -0.124. The third-order valence-corrected chi connectivity index (χ3v) is 4.22. The summed E-state index contributed by atoms with van der Waals surface area (Å²) in [5.41, 5.74) is 2.49. The van der Waals surface area contributed by atoms with E-state index in [-0.39, 0.29) is 18.1 Å². The Labute approximate surface area is 181 Å². The molecule has 7 heteroatoms. The molecule has 2 N–H and O–H groups in total. The van der Waals surface area contributed by atoms with E-state index in [9.17, 15) is 10.1 Å². The summed E-state index contributed by atoms with van der Waals surface area (Å²) >= 11 is 0. The second-order valence-electron chi connectivity index (χ2n) is 8.00. The van der Waals surface area contributed by atoms with Crippen LogP contribution in [0.25, 0.3) is 22.7 Å². The molecule has 0 saturated heterocycles. The Morgan fingerprint density at radius 2 is 1.97 bits per heavy atom. The van der Waals surface area contributed by atoms with Gasteiger partial charge in [-0.05, 0) is 63.6 Å². The number of amides is 1. The van der Waals surface area contributed by atoms with E-state index in [0.29, 0.717) is 29.5 Å². The molecular formula is C24H26N4O3. The third-order valence-electron chi connectivity index (χ3n) is 4.22. The molecule has 0 fully saturated rings. The van der Waals surface area contributed by atoms with Gasteiger partial charge < -0.3 is 19.8 Å². The highest BCUT2D eigenvalue weighted by atomic mass is 16.5. The number of benzene rings is 2. The standard InChI is InChI=1S/C24H26N4O3/c1-5-30-21-13-16(10-11-20(21)31-15-22(29)28-24(2,3)4)12-17(14-25)23-26-18-8-6-7-9-19(18)27-23/h6-13H,5,15H2,1-4H3,(H,26,27)(H,28,29)/b17-12-. The number of imidazole rings is 1. The maximum absolute atomic E-state index is 12.1. The second kappa shape index (κ2) is 9.35. The van der Waals surface area contributed by atoms with Crippen LogP contribution in [0.1, 0.15) is 39.1 Å². The van der Waals surface area contributed by atoms with Gasteiger partial charge in [-0.15, -0.1) is 0 Å². The molecule has 3 rings (SSSR count). The number of ether oxygens (including phenoxy) is 2. The van der Waals surface area contributed by atoms with Gasteiger partial charge in [0.15, 0.2) is 18.1 Å². The topological polar surface area (TPSA) is 100 Å². The van der Waals surface area contributed by atoms with Crippen LogP contribution >= 0.6 is 0 Å². The van der Waals surface area contributed by atoms with Crippen LogP contribution < -0.4 is 14.8 Å². The van der Waals surface area contributed by atoms with E-state index in [4.69, 9.17) is 9.47 Å². The van der Waals surface area contributed by atoms with E-state index < -0.39 is 0 Å². The molecule has 0 aliphatic rings. The molecule has 3 aromatic rings. The molecule has 7 nitrogen and oxygen atoms in total. The molecule has 0 saturated carbocycles. The van der Waals surface area contributed by atoms with Crippen molar-refractivity contribution >= 4 is 28.6 Å². The number of para-hydroxylation sites is 2. The zero-order valence-corrected chi connectivity index (χ0v) is 18.2. The summed E-state index contributed by atoms with van der Waals surface area (Å²) in [6.45, 7) is 7.92. The van der Waals surface area contributed by atoms with E-state index in [1.54, 1.807) is 24.3 Å². The number of carbonyl (C=O) groups is 1. The summed E-state index contributed by atoms with van der Waals surface area (Å²) in [4.78, 5) is 19.7. The first-order chi connectivity index (χ1) is 14.8. The highest BCUT2D eigenvalue weighted by Crippen LogP contribution is 2.30. The van der Waals surface area contributed by atoms with Crippen LogP contribution in [0.15, 0.2) is 42.5 Å². The Kier molecular flexibility index (Phi) is 6.61. The zero-order valence-electron chi connectivity index (χ0n) is 18.2. The van der Waals surface area contributed by atoms with Crippen molar-refractivity contribution in [3.05, 3.63) is 53.9 Å². The lowest BCUT2D eigenvalue weighted by Crippen LogP contribution is -2.43. The fourth-order valence-corrected chi connectivity index (χ4v) is 3.00. The summed E-state index contributed by atoms with van der Waals surface area (Å²) in [7, 11) is 0. The molecule has 0 spiro atoms. The van der Waals surface area contributed by atoms with Gasteiger partial charge in [0.25, 0.3) is 5.91 Å². The van der Waals surface area contributed by atoms with Gasteiger partial charge in [0.05, 0.1) is 23.2 Å². The Bertz CT molecular complexity index is 1120. The van der Waals surface area contributed by atoms with Gasteiger partial charge in [0.2, 0.25) is 0 Å². The molecule has 0 radical (unpaired) electrons. The molecule has 1 heterocycles. The number of nitrogens with zero attached hydrogens (tertiary/aromatic N) is 2. The molecule has 31 heavy (non-hydrogen) atoms. The van der Waals surface area contributed by atoms with E-state index in [2.05, 4.69) is 21.4 Å². The maximum atomic E-state index is 12.1. The molecule has 1 amide bonds. The number of nitriles is 1. The van der Waals surface area contributed by atoms with E-state index in [1.807, 2.05) is 52.0 Å². The van der Waals surface area contributed by atoms with Gasteiger partial charge in [-0.2, -0.15) is 5.26 Å². The van der Waals surface area contributed by atoms with Crippen molar-refractivity contribution < 1.29 is 14.3 Å². The molecule has 0 atom stereocenters. The lowest BCUT2D eigenvalue weighted by atomic mass is 10.1. The predicted molar refractivity (Wildman–Crippen MR) is 121 cm³/mol. The number of aromatic nitrogens is 2. The van der Waals surface area contributed by atoms with Crippen molar-refractivity contribution in [3.63, 3.8) is 0 Å². The van der Waals surface area contributed by atoms with Crippen molar-refractivity contribution in [2.75, 3.05) is 13.2 Å². The number of nitrogens with one attached hydrogen (secondary N) is 2. The minimum absolute atomic E-state index is 0.116. The minimum atomic E-state index is -0.331. The lowest BCUT2D eigenvalue weighted by Gasteiger charge is -2.20. The predicted octanol–water partition coefficient (Wildman–Crippen LogP) is 4.32. The number of aromatic amines is 1. The third kappa shape index (κ3) is 5.86. The highest BCUT2D eigenvalue weighted by molar-refractivity contribution is 5.90. The average Bonchev–Trinajstić information content (AvgIpc) is 3.14. The van der Waals surface area contributed by atoms with Crippen molar-refractivity contribution in [3.8, 4) is 17.6 Å². The van der Waals surface area contributed by atoms with Crippen LogP contribution in [0, 0.1) is 11.3 Å². The number of allylic oxidation sites excluding steroid dienone is 1. The number of H-pyrrole nitrogens is 1. The number of rotatable bonds is 7. The Balaban J connectivity index is 1.83. The van der Waals surface area contributed by atoms with Gasteiger partial charge >= 0.3 is 0 Å².